The molecular formula is C47H60Cl2N8O2. The van der Waals surface area contributed by atoms with Crippen LogP contribution < -0.4 is 9.80 Å². The van der Waals surface area contributed by atoms with E-state index in [2.05, 4.69) is 72.2 Å². The van der Waals surface area contributed by atoms with Gasteiger partial charge in [-0.1, -0.05) is 67.7 Å². The number of aliphatic hydroxyl groups excluding tert-OH is 2. The number of aromatic nitrogens is 6. The first-order valence-electron chi connectivity index (χ1n) is 21.7. The second kappa shape index (κ2) is 19.9. The predicted octanol–water partition coefficient (Wildman–Crippen LogP) is 10.3. The van der Waals surface area contributed by atoms with Gasteiger partial charge in [-0.3, -0.25) is 0 Å². The van der Waals surface area contributed by atoms with Gasteiger partial charge in [0.2, 0.25) is 0 Å². The first-order valence-corrected chi connectivity index (χ1v) is 22.5. The quantitative estimate of drug-likeness (QED) is 0.118. The number of aryl methyl sites for hydroxylation is 2. The lowest BCUT2D eigenvalue weighted by Crippen LogP contribution is -2.41. The third kappa shape index (κ3) is 9.88. The van der Waals surface area contributed by atoms with E-state index in [1.807, 2.05) is 47.1 Å². The molecule has 0 spiro atoms. The first kappa shape index (κ1) is 42.9. The molecule has 2 saturated heterocycles. The maximum absolute atomic E-state index is 9.56. The molecule has 8 rings (SSSR count). The third-order valence-corrected chi connectivity index (χ3v) is 12.6. The van der Waals surface area contributed by atoms with Crippen LogP contribution >= 0.6 is 23.2 Å². The summed E-state index contributed by atoms with van der Waals surface area (Å²) >= 11 is 12.2. The lowest BCUT2D eigenvalue weighted by Gasteiger charge is -2.37. The second-order valence-electron chi connectivity index (χ2n) is 16.3. The van der Waals surface area contributed by atoms with Gasteiger partial charge in [-0.05, 0) is 113 Å². The number of piperidine rings is 2. The van der Waals surface area contributed by atoms with Gasteiger partial charge in [0.15, 0.2) is 11.3 Å². The van der Waals surface area contributed by atoms with Crippen molar-refractivity contribution in [2.45, 2.75) is 122 Å². The Labute approximate surface area is 359 Å². The molecule has 12 heteroatoms. The number of anilines is 2. The fourth-order valence-electron chi connectivity index (χ4n) is 9.23. The number of hydrogen-bond acceptors (Lipinski definition) is 8. The Kier molecular flexibility index (Phi) is 14.5. The molecule has 4 aromatic heterocycles. The average Bonchev–Trinajstić information content (AvgIpc) is 3.86. The average molecular weight is 840 g/mol. The van der Waals surface area contributed by atoms with Gasteiger partial charge in [-0.25, -0.2) is 9.97 Å². The fraction of sp³-hybridized carbons (Fsp3) is 0.489. The molecule has 314 valence electrons. The summed E-state index contributed by atoms with van der Waals surface area (Å²) in [4.78, 5) is 14.4. The van der Waals surface area contributed by atoms with Gasteiger partial charge in [0.05, 0.1) is 11.4 Å². The van der Waals surface area contributed by atoms with Crippen LogP contribution in [0.15, 0.2) is 72.8 Å². The number of halogens is 2. The molecule has 0 amide bonds. The van der Waals surface area contributed by atoms with Crippen LogP contribution in [0.4, 0.5) is 11.6 Å². The highest BCUT2D eigenvalue weighted by atomic mass is 35.5. The molecule has 59 heavy (non-hydrogen) atoms. The molecule has 4 atom stereocenters. The maximum Gasteiger partial charge on any atom is 0.157 e. The minimum absolute atomic E-state index is 0.205. The molecule has 2 aliphatic heterocycles. The van der Waals surface area contributed by atoms with Crippen molar-refractivity contribution < 1.29 is 10.2 Å². The first-order chi connectivity index (χ1) is 28.7. The Balaban J connectivity index is 0.000000179. The zero-order chi connectivity index (χ0) is 41.5. The highest BCUT2D eigenvalue weighted by Gasteiger charge is 2.28. The molecular weight excluding hydrogens is 779 g/mol. The largest absolute Gasteiger partial charge is 0.396 e. The summed E-state index contributed by atoms with van der Waals surface area (Å²) in [6.07, 6.45) is 11.6. The molecule has 2 fully saturated rings. The molecule has 2 aromatic carbocycles. The summed E-state index contributed by atoms with van der Waals surface area (Å²) in [6.45, 7) is 10.9. The summed E-state index contributed by atoms with van der Waals surface area (Å²) in [5.41, 5.74) is 8.30. The van der Waals surface area contributed by atoms with E-state index in [4.69, 9.17) is 43.4 Å². The maximum atomic E-state index is 9.56. The molecule has 2 N–H and O–H groups in total. The Morgan fingerprint density at radius 1 is 0.627 bits per heavy atom. The lowest BCUT2D eigenvalue weighted by atomic mass is 9.91. The highest BCUT2D eigenvalue weighted by molar-refractivity contribution is 6.30. The monoisotopic (exact) mass is 838 g/mol. The van der Waals surface area contributed by atoms with E-state index in [0.29, 0.717) is 12.1 Å². The summed E-state index contributed by atoms with van der Waals surface area (Å²) in [5, 5.41) is 30.7. The molecule has 6 heterocycles. The van der Waals surface area contributed by atoms with Crippen molar-refractivity contribution in [1.29, 1.82) is 0 Å². The van der Waals surface area contributed by atoms with Gasteiger partial charge in [0.1, 0.15) is 11.6 Å². The fourth-order valence-corrected chi connectivity index (χ4v) is 9.48. The van der Waals surface area contributed by atoms with Gasteiger partial charge < -0.3 is 20.0 Å². The van der Waals surface area contributed by atoms with E-state index >= 15 is 0 Å². The van der Waals surface area contributed by atoms with Gasteiger partial charge in [0.25, 0.3) is 0 Å². The van der Waals surface area contributed by atoms with Crippen molar-refractivity contribution in [1.82, 2.24) is 29.2 Å². The van der Waals surface area contributed by atoms with E-state index in [9.17, 15) is 10.2 Å². The Hall–Kier alpha value is -4.22. The standard InChI is InChI=1S/C24H31ClN4O.C23H29ClN4O/c1-3-6-21(18-8-10-19(25)11-9-18)22-16-23-26-17(2)15-24(29(23)27-22)28-13-5-4-7-20(28)12-14-30;1-3-20(17-7-9-18(24)10-8-17)21-15-22-25-16(2)14-23(28(22)26-21)27-12-5-4-6-19(27)11-13-29/h8-11,15-16,20-21,30H,3-7,12-14H2,1-2H3;7-10,14-15,19-20,29H,3-6,11-13H2,1-2H3. The van der Waals surface area contributed by atoms with Crippen LogP contribution in [-0.4, -0.2) is 77.8 Å². The summed E-state index contributed by atoms with van der Waals surface area (Å²) < 4.78 is 4.01. The predicted molar refractivity (Wildman–Crippen MR) is 241 cm³/mol. The number of nitrogens with zero attached hydrogens (tertiary/aromatic N) is 8. The molecule has 6 aromatic rings. The number of benzene rings is 2. The molecule has 0 bridgehead atoms. The van der Waals surface area contributed by atoms with Crippen LogP contribution in [0, 0.1) is 13.8 Å². The SMILES string of the molecule is CCC(c1ccc(Cl)cc1)c1cc2nc(C)cc(N3CCCCC3CCO)n2n1.CCCC(c1ccc(Cl)cc1)c1cc2nc(C)cc(N3CCCCC3CCO)n2n1. The van der Waals surface area contributed by atoms with E-state index in [0.717, 1.165) is 114 Å². The molecule has 10 nitrogen and oxygen atoms in total. The minimum Gasteiger partial charge on any atom is -0.396 e. The normalized spacial score (nSPS) is 18.2. The minimum atomic E-state index is 0.205. The van der Waals surface area contributed by atoms with Crippen molar-refractivity contribution in [3.05, 3.63) is 117 Å². The second-order valence-corrected chi connectivity index (χ2v) is 17.2. The van der Waals surface area contributed by atoms with Crippen LogP contribution in [0.25, 0.3) is 11.3 Å². The number of hydrogen-bond donors (Lipinski definition) is 2. The zero-order valence-corrected chi connectivity index (χ0v) is 36.6. The van der Waals surface area contributed by atoms with Crippen LogP contribution in [-0.2, 0) is 0 Å². The summed E-state index contributed by atoms with van der Waals surface area (Å²) in [5.74, 6) is 2.60. The van der Waals surface area contributed by atoms with E-state index in [1.165, 1.54) is 36.8 Å². The molecule has 0 aliphatic carbocycles. The molecule has 0 saturated carbocycles. The van der Waals surface area contributed by atoms with Crippen LogP contribution in [0.3, 0.4) is 0 Å². The van der Waals surface area contributed by atoms with E-state index < -0.39 is 0 Å². The lowest BCUT2D eigenvalue weighted by molar-refractivity contribution is 0.261. The smallest absolute Gasteiger partial charge is 0.157 e. The number of rotatable bonds is 13. The van der Waals surface area contributed by atoms with Crippen LogP contribution in [0.5, 0.6) is 0 Å². The topological polar surface area (TPSA) is 107 Å². The Bertz CT molecular complexity index is 2270. The van der Waals surface area contributed by atoms with Gasteiger partial charge in [0, 0.05) is 95.9 Å². The third-order valence-electron chi connectivity index (χ3n) is 12.1. The van der Waals surface area contributed by atoms with Crippen molar-refractivity contribution in [2.75, 3.05) is 36.1 Å². The zero-order valence-electron chi connectivity index (χ0n) is 35.1. The number of fused-ring (bicyclic) bond motifs is 2. The Morgan fingerprint density at radius 2 is 1.07 bits per heavy atom. The van der Waals surface area contributed by atoms with Crippen LogP contribution in [0.2, 0.25) is 10.0 Å². The van der Waals surface area contributed by atoms with Gasteiger partial charge in [-0.2, -0.15) is 19.2 Å². The van der Waals surface area contributed by atoms with Gasteiger partial charge >= 0.3 is 0 Å². The number of aliphatic hydroxyl groups is 2. The molecule has 0 radical (unpaired) electrons. The highest BCUT2D eigenvalue weighted by Crippen LogP contribution is 2.34. The van der Waals surface area contributed by atoms with Crippen molar-refractivity contribution in [3.63, 3.8) is 0 Å². The van der Waals surface area contributed by atoms with Gasteiger partial charge in [-0.15, -0.1) is 0 Å². The summed E-state index contributed by atoms with van der Waals surface area (Å²) in [6, 6.07) is 25.4. The van der Waals surface area contributed by atoms with E-state index in [1.54, 1.807) is 0 Å². The van der Waals surface area contributed by atoms with Crippen LogP contribution in [0.1, 0.15) is 130 Å². The molecule has 2 aliphatic rings. The van der Waals surface area contributed by atoms with Crippen molar-refractivity contribution >= 4 is 46.1 Å². The Morgan fingerprint density at radius 3 is 1.49 bits per heavy atom. The summed E-state index contributed by atoms with van der Waals surface area (Å²) in [7, 11) is 0. The molecule has 4 unspecified atom stereocenters. The van der Waals surface area contributed by atoms with E-state index in [-0.39, 0.29) is 25.0 Å². The van der Waals surface area contributed by atoms with Crippen molar-refractivity contribution in [3.8, 4) is 0 Å². The van der Waals surface area contributed by atoms with Crippen molar-refractivity contribution in [2.24, 2.45) is 0 Å².